The number of nitrogens with zero attached hydrogens (tertiary/aromatic N) is 4. The number of hydrogen-bond donors (Lipinski definition) is 0. The molecule has 0 N–H and O–H groups in total. The quantitative estimate of drug-likeness (QED) is 0.116. The van der Waals surface area contributed by atoms with Gasteiger partial charge in [0.15, 0.2) is 0 Å². The lowest BCUT2D eigenvalue weighted by Crippen LogP contribution is -2.00. The van der Waals surface area contributed by atoms with Crippen LogP contribution in [0.25, 0.3) is 55.7 Å². The van der Waals surface area contributed by atoms with Gasteiger partial charge in [-0.15, -0.1) is 0 Å². The van der Waals surface area contributed by atoms with Gasteiger partial charge in [0.2, 0.25) is 0 Å². The summed E-state index contributed by atoms with van der Waals surface area (Å²) in [4.78, 5) is 13.3. The minimum atomic E-state index is -3.16. The fourth-order valence-corrected chi connectivity index (χ4v) is 6.96. The van der Waals surface area contributed by atoms with Gasteiger partial charge in [0.05, 0.1) is 30.1 Å². The maximum atomic E-state index is 9.95. The SMILES string of the molecule is [2H]c1cc2c(oc3c(-c4ccc(C([2H])([2H])C([2H])([2H])c5cc(C([2H])([2H])C([2H])([2H])c6ccc(-c7ccccc7)nc6)cc(C([2H])([2H])C([2H])([2H])c6ccc(-c7ccccc7)nc6)c5)cn4)cccc32)c(C([2H])(C)C)c1C#N. The molecule has 0 amide bonds. The summed E-state index contributed by atoms with van der Waals surface area (Å²) < 4.78 is 136. The Kier molecular flexibility index (Phi) is 7.34. The Morgan fingerprint density at radius 3 is 1.47 bits per heavy atom. The summed E-state index contributed by atoms with van der Waals surface area (Å²) in [6.45, 7) is 3.19. The van der Waals surface area contributed by atoms with E-state index in [1.807, 2.05) is 66.7 Å². The van der Waals surface area contributed by atoms with Gasteiger partial charge in [-0.1, -0.05) is 123 Å². The molecular formula is C55H46N4O. The van der Waals surface area contributed by atoms with Crippen LogP contribution in [0.2, 0.25) is 0 Å². The molecule has 0 bridgehead atoms. The topological polar surface area (TPSA) is 75.6 Å². The van der Waals surface area contributed by atoms with Crippen LogP contribution in [0.3, 0.4) is 0 Å². The van der Waals surface area contributed by atoms with Gasteiger partial charge in [-0.25, -0.2) is 0 Å². The van der Waals surface area contributed by atoms with Gasteiger partial charge in [-0.05, 0) is 114 Å². The molecule has 4 aromatic heterocycles. The maximum Gasteiger partial charge on any atom is 0.144 e. The molecule has 5 heteroatoms. The summed E-state index contributed by atoms with van der Waals surface area (Å²) in [5.74, 6) is -1.32. The van der Waals surface area contributed by atoms with Gasteiger partial charge in [0.25, 0.3) is 0 Å². The molecule has 292 valence electrons. The van der Waals surface area contributed by atoms with Gasteiger partial charge in [-0.3, -0.25) is 15.0 Å². The Morgan fingerprint density at radius 1 is 0.550 bits per heavy atom. The van der Waals surface area contributed by atoms with Crippen LogP contribution in [-0.4, -0.2) is 15.0 Å². The van der Waals surface area contributed by atoms with E-state index in [2.05, 4.69) is 15.0 Å². The lowest BCUT2D eigenvalue weighted by atomic mass is 9.94. The van der Waals surface area contributed by atoms with Gasteiger partial charge in [0.1, 0.15) is 11.2 Å². The highest BCUT2D eigenvalue weighted by molar-refractivity contribution is 6.10. The Morgan fingerprint density at radius 2 is 1.02 bits per heavy atom. The summed E-state index contributed by atoms with van der Waals surface area (Å²) in [6, 6.07) is 38.2. The van der Waals surface area contributed by atoms with E-state index in [9.17, 15) is 21.7 Å². The van der Waals surface area contributed by atoms with E-state index < -0.39 is 60.8 Å². The Bertz CT molecular complexity index is 3480. The van der Waals surface area contributed by atoms with Crippen molar-refractivity contribution in [3.63, 3.8) is 0 Å². The third-order valence-electron chi connectivity index (χ3n) is 9.90. The first kappa shape index (κ1) is 25.4. The number of fused-ring (bicyclic) bond motifs is 3. The van der Waals surface area contributed by atoms with Crippen molar-refractivity contribution in [2.45, 2.75) is 58.0 Å². The van der Waals surface area contributed by atoms with E-state index in [0.29, 0.717) is 33.3 Å². The van der Waals surface area contributed by atoms with E-state index in [4.69, 9.17) is 7.16 Å². The van der Waals surface area contributed by atoms with Crippen molar-refractivity contribution in [3.8, 4) is 39.8 Å². The average Bonchev–Trinajstić information content (AvgIpc) is 3.76. The largest absolute Gasteiger partial charge is 0.455 e. The van der Waals surface area contributed by atoms with Crippen LogP contribution < -0.4 is 0 Å². The van der Waals surface area contributed by atoms with E-state index >= 15 is 0 Å². The second kappa shape index (κ2) is 17.4. The monoisotopic (exact) mass is 792 g/mol. The third kappa shape index (κ3) is 8.37. The van der Waals surface area contributed by atoms with Gasteiger partial charge in [-0.2, -0.15) is 5.26 Å². The van der Waals surface area contributed by atoms with Crippen LogP contribution in [-0.2, 0) is 38.2 Å². The molecule has 9 aromatic rings. The van der Waals surface area contributed by atoms with E-state index in [1.54, 1.807) is 32.0 Å². The maximum absolute atomic E-state index is 9.95. The zero-order valence-electron chi connectivity index (χ0n) is 46.7. The highest BCUT2D eigenvalue weighted by atomic mass is 16.3. The molecule has 0 fully saturated rings. The molecule has 0 aliphatic heterocycles. The Labute approximate surface area is 371 Å². The number of hydrogen-bond acceptors (Lipinski definition) is 5. The van der Waals surface area contributed by atoms with Crippen molar-refractivity contribution in [1.82, 2.24) is 15.0 Å². The van der Waals surface area contributed by atoms with Gasteiger partial charge >= 0.3 is 0 Å². The molecule has 5 aromatic carbocycles. The van der Waals surface area contributed by atoms with Crippen LogP contribution in [0, 0.1) is 11.3 Å². The smallest absolute Gasteiger partial charge is 0.144 e. The van der Waals surface area contributed by atoms with Crippen LogP contribution in [0.15, 0.2) is 169 Å². The number of nitriles is 1. The number of para-hydroxylation sites is 1. The molecule has 0 atom stereocenters. The zero-order chi connectivity index (χ0) is 53.4. The summed E-state index contributed by atoms with van der Waals surface area (Å²) in [6.07, 6.45) is -14.7. The van der Waals surface area contributed by atoms with Crippen LogP contribution in [0.5, 0.6) is 0 Å². The normalized spacial score (nSPS) is 16.4. The first-order valence-electron chi connectivity index (χ1n) is 26.3. The number of benzene rings is 5. The Hall–Kier alpha value is -7.16. The third-order valence-corrected chi connectivity index (χ3v) is 9.90. The predicted octanol–water partition coefficient (Wildman–Crippen LogP) is 13.1. The van der Waals surface area contributed by atoms with Crippen molar-refractivity contribution in [2.75, 3.05) is 0 Å². The zero-order valence-corrected chi connectivity index (χ0v) is 32.7. The average molecular weight is 793 g/mol. The second-order valence-corrected chi connectivity index (χ2v) is 14.3. The fraction of sp³-hybridized carbons (Fsp3) is 0.164. The summed E-state index contributed by atoms with van der Waals surface area (Å²) in [5, 5.41) is 11.0. The van der Waals surface area contributed by atoms with Crippen molar-refractivity contribution >= 4 is 21.9 Å². The predicted molar refractivity (Wildman–Crippen MR) is 244 cm³/mol. The number of rotatable bonds is 13. The molecular weight excluding hydrogens is 733 g/mol. The summed E-state index contributed by atoms with van der Waals surface area (Å²) in [5.41, 5.74) is 1.50. The number of pyridine rings is 3. The molecule has 0 unspecified atom stereocenters. The summed E-state index contributed by atoms with van der Waals surface area (Å²) >= 11 is 0. The molecule has 60 heavy (non-hydrogen) atoms. The second-order valence-electron chi connectivity index (χ2n) is 14.3. The van der Waals surface area contributed by atoms with Crippen LogP contribution in [0.4, 0.5) is 0 Å². The van der Waals surface area contributed by atoms with E-state index in [0.717, 1.165) is 35.5 Å². The molecule has 0 saturated heterocycles. The van der Waals surface area contributed by atoms with Crippen LogP contribution >= 0.6 is 0 Å². The number of furan rings is 1. The lowest BCUT2D eigenvalue weighted by molar-refractivity contribution is 0.657. The van der Waals surface area contributed by atoms with Crippen molar-refractivity contribution in [1.29, 1.82) is 5.26 Å². The fourth-order valence-electron chi connectivity index (χ4n) is 6.96. The van der Waals surface area contributed by atoms with E-state index in [-0.39, 0.29) is 45.1 Å². The molecule has 0 spiro atoms. The first-order valence-corrected chi connectivity index (χ1v) is 19.3. The minimum absolute atomic E-state index is 0.0108. The molecule has 0 aliphatic rings. The standard InChI is InChI=1S/C55H46N4O/c1-37(2)53-46(33-56)25-26-48-47-14-9-15-49(54(47)60-55(48)53)52-29-24-40(36-59-52)18-21-43-31-41(19-16-38-22-27-50(57-34-38)44-10-5-3-6-11-44)30-42(32-43)20-17-39-23-28-51(58-35-39)45-12-7-4-8-13-45/h3-15,22-32,34-37H,16-21H2,1-2H3/i16D2,17D2,18D2,19D2,20D2,21D2,25D,37D. The summed E-state index contributed by atoms with van der Waals surface area (Å²) in [7, 11) is 0. The van der Waals surface area contributed by atoms with Gasteiger partial charge < -0.3 is 4.42 Å². The lowest BCUT2D eigenvalue weighted by Gasteiger charge is -2.12. The van der Waals surface area contributed by atoms with Crippen molar-refractivity contribution in [2.24, 2.45) is 0 Å². The number of aromatic nitrogens is 3. The number of aryl methyl sites for hydroxylation is 6. The molecule has 5 nitrogen and oxygen atoms in total. The molecule has 9 rings (SSSR count). The van der Waals surface area contributed by atoms with Crippen molar-refractivity contribution < 1.29 is 23.6 Å². The molecule has 0 radical (unpaired) electrons. The molecule has 0 saturated carbocycles. The van der Waals surface area contributed by atoms with Gasteiger partial charge in [0, 0.05) is 69.4 Å². The highest BCUT2D eigenvalue weighted by Gasteiger charge is 2.19. The minimum Gasteiger partial charge on any atom is -0.455 e. The Balaban J connectivity index is 1.14. The molecule has 0 aliphatic carbocycles. The van der Waals surface area contributed by atoms with Crippen LogP contribution in [0.1, 0.15) is 83.4 Å². The van der Waals surface area contributed by atoms with Crippen molar-refractivity contribution in [3.05, 3.63) is 209 Å². The molecule has 4 heterocycles. The van der Waals surface area contributed by atoms with E-state index in [1.165, 1.54) is 54.9 Å². The highest BCUT2D eigenvalue weighted by Crippen LogP contribution is 2.39. The first-order chi connectivity index (χ1) is 34.7.